The number of carbonyl (C=O) groups is 2. The van der Waals surface area contributed by atoms with Crippen molar-refractivity contribution in [1.29, 1.82) is 0 Å². The van der Waals surface area contributed by atoms with Gasteiger partial charge in [0.15, 0.2) is 0 Å². The van der Waals surface area contributed by atoms with E-state index in [-0.39, 0.29) is 23.1 Å². The molecule has 1 aliphatic rings. The number of piperazine rings is 1. The normalized spacial score (nSPS) is 14.5. The van der Waals surface area contributed by atoms with Gasteiger partial charge in [0, 0.05) is 41.2 Å². The maximum atomic E-state index is 12.6. The Hall–Kier alpha value is -2.05. The Bertz CT molecular complexity index is 802. The molecule has 1 heterocycles. The molecule has 1 N–H and O–H groups in total. The van der Waals surface area contributed by atoms with Crippen LogP contribution in [0.2, 0.25) is 5.02 Å². The van der Waals surface area contributed by atoms with Crippen LogP contribution in [-0.2, 0) is 0 Å². The second kappa shape index (κ2) is 7.45. The zero-order chi connectivity index (χ0) is 18.0. The quantitative estimate of drug-likeness (QED) is 0.805. The van der Waals surface area contributed by atoms with Crippen LogP contribution in [0.15, 0.2) is 46.9 Å². The zero-order valence-electron chi connectivity index (χ0n) is 13.3. The average Bonchev–Trinajstić information content (AvgIpc) is 2.63. The van der Waals surface area contributed by atoms with Crippen molar-refractivity contribution in [3.8, 4) is 5.75 Å². The SMILES string of the molecule is O=C(c1ccc(Cl)cc1)N1CCN(C(=O)c2cc(Br)ccc2O)CC1. The smallest absolute Gasteiger partial charge is 0.257 e. The lowest BCUT2D eigenvalue weighted by Gasteiger charge is -2.35. The first-order chi connectivity index (χ1) is 12.0. The minimum atomic E-state index is -0.239. The highest BCUT2D eigenvalue weighted by Gasteiger charge is 2.26. The Labute approximate surface area is 158 Å². The molecule has 0 atom stereocenters. The molecule has 2 aromatic rings. The number of nitrogens with zero attached hydrogens (tertiary/aromatic N) is 2. The molecular formula is C18H16BrClN2O3. The highest BCUT2D eigenvalue weighted by atomic mass is 79.9. The van der Waals surface area contributed by atoms with Crippen molar-refractivity contribution in [2.75, 3.05) is 26.2 Å². The number of hydrogen-bond acceptors (Lipinski definition) is 3. The van der Waals surface area contributed by atoms with Crippen LogP contribution in [0.4, 0.5) is 0 Å². The molecule has 7 heteroatoms. The Morgan fingerprint density at radius 2 is 1.48 bits per heavy atom. The largest absolute Gasteiger partial charge is 0.507 e. The summed E-state index contributed by atoms with van der Waals surface area (Å²) < 4.78 is 0.727. The van der Waals surface area contributed by atoms with Gasteiger partial charge in [-0.05, 0) is 42.5 Å². The summed E-state index contributed by atoms with van der Waals surface area (Å²) in [6.45, 7) is 1.73. The lowest BCUT2D eigenvalue weighted by Crippen LogP contribution is -2.50. The lowest BCUT2D eigenvalue weighted by atomic mass is 10.1. The fourth-order valence-electron chi connectivity index (χ4n) is 2.74. The van der Waals surface area contributed by atoms with Crippen LogP contribution in [0.5, 0.6) is 5.75 Å². The van der Waals surface area contributed by atoms with Gasteiger partial charge >= 0.3 is 0 Å². The van der Waals surface area contributed by atoms with E-state index in [1.165, 1.54) is 6.07 Å². The minimum absolute atomic E-state index is 0.0483. The van der Waals surface area contributed by atoms with Gasteiger partial charge in [-0.2, -0.15) is 0 Å². The predicted octanol–water partition coefficient (Wildman–Crippen LogP) is 3.41. The van der Waals surface area contributed by atoms with E-state index in [4.69, 9.17) is 11.6 Å². The van der Waals surface area contributed by atoms with Gasteiger partial charge in [-0.1, -0.05) is 27.5 Å². The summed E-state index contributed by atoms with van der Waals surface area (Å²) in [6, 6.07) is 11.5. The molecule has 0 aliphatic carbocycles. The summed E-state index contributed by atoms with van der Waals surface area (Å²) in [5, 5.41) is 10.5. The Morgan fingerprint density at radius 1 is 0.920 bits per heavy atom. The molecule has 1 saturated heterocycles. The van der Waals surface area contributed by atoms with E-state index < -0.39 is 0 Å². The average molecular weight is 424 g/mol. The van der Waals surface area contributed by atoms with Crippen molar-refractivity contribution in [3.63, 3.8) is 0 Å². The van der Waals surface area contributed by atoms with Crippen LogP contribution >= 0.6 is 27.5 Å². The van der Waals surface area contributed by atoms with E-state index in [1.54, 1.807) is 46.2 Å². The van der Waals surface area contributed by atoms with Gasteiger partial charge in [-0.25, -0.2) is 0 Å². The second-order valence-corrected chi connectivity index (χ2v) is 7.10. The third kappa shape index (κ3) is 3.96. The van der Waals surface area contributed by atoms with Gasteiger partial charge in [-0.15, -0.1) is 0 Å². The fourth-order valence-corrected chi connectivity index (χ4v) is 3.22. The van der Waals surface area contributed by atoms with Gasteiger partial charge in [0.25, 0.3) is 11.8 Å². The van der Waals surface area contributed by atoms with E-state index in [2.05, 4.69) is 15.9 Å². The molecule has 0 unspecified atom stereocenters. The van der Waals surface area contributed by atoms with Gasteiger partial charge in [0.05, 0.1) is 5.56 Å². The Balaban J connectivity index is 1.65. The number of phenolic OH excluding ortho intramolecular Hbond substituents is 1. The third-order valence-electron chi connectivity index (χ3n) is 4.13. The first-order valence-electron chi connectivity index (χ1n) is 7.78. The molecule has 1 fully saturated rings. The Kier molecular flexibility index (Phi) is 5.30. The van der Waals surface area contributed by atoms with Crippen LogP contribution in [-0.4, -0.2) is 52.9 Å². The number of phenols is 1. The number of hydrogen-bond donors (Lipinski definition) is 1. The van der Waals surface area contributed by atoms with E-state index in [9.17, 15) is 14.7 Å². The predicted molar refractivity (Wildman–Crippen MR) is 99.1 cm³/mol. The number of carbonyl (C=O) groups excluding carboxylic acids is 2. The summed E-state index contributed by atoms with van der Waals surface area (Å²) >= 11 is 9.15. The maximum absolute atomic E-state index is 12.6. The number of halogens is 2. The molecule has 0 spiro atoms. The molecule has 25 heavy (non-hydrogen) atoms. The number of aromatic hydroxyl groups is 1. The van der Waals surface area contributed by atoms with E-state index in [1.807, 2.05) is 0 Å². The van der Waals surface area contributed by atoms with E-state index in [0.29, 0.717) is 36.8 Å². The van der Waals surface area contributed by atoms with Crippen molar-refractivity contribution in [2.45, 2.75) is 0 Å². The van der Waals surface area contributed by atoms with Crippen LogP contribution < -0.4 is 0 Å². The molecule has 130 valence electrons. The van der Waals surface area contributed by atoms with E-state index in [0.717, 1.165) is 4.47 Å². The number of amides is 2. The second-order valence-electron chi connectivity index (χ2n) is 5.75. The van der Waals surface area contributed by atoms with Gasteiger partial charge < -0.3 is 14.9 Å². The van der Waals surface area contributed by atoms with E-state index >= 15 is 0 Å². The van der Waals surface area contributed by atoms with Crippen LogP contribution in [0.1, 0.15) is 20.7 Å². The van der Waals surface area contributed by atoms with Crippen molar-refractivity contribution in [2.24, 2.45) is 0 Å². The summed E-state index contributed by atoms with van der Waals surface area (Å²) in [5.41, 5.74) is 0.834. The molecule has 0 radical (unpaired) electrons. The molecular weight excluding hydrogens is 408 g/mol. The summed E-state index contributed by atoms with van der Waals surface area (Å²) in [4.78, 5) is 28.4. The molecule has 2 amide bonds. The van der Waals surface area contributed by atoms with Crippen molar-refractivity contribution in [1.82, 2.24) is 9.80 Å². The fraction of sp³-hybridized carbons (Fsp3) is 0.222. The molecule has 2 aromatic carbocycles. The summed E-state index contributed by atoms with van der Waals surface area (Å²) in [5.74, 6) is -0.362. The molecule has 0 aromatic heterocycles. The number of benzene rings is 2. The van der Waals surface area contributed by atoms with Crippen LogP contribution in [0.3, 0.4) is 0 Å². The standard InChI is InChI=1S/C18H16BrClN2O3/c19-13-3-6-16(23)15(11-13)18(25)22-9-7-21(8-10-22)17(24)12-1-4-14(20)5-2-12/h1-6,11,23H,7-10H2. The first kappa shape index (κ1) is 17.8. The topological polar surface area (TPSA) is 60.9 Å². The van der Waals surface area contributed by atoms with Crippen molar-refractivity contribution < 1.29 is 14.7 Å². The Morgan fingerprint density at radius 3 is 2.08 bits per heavy atom. The monoisotopic (exact) mass is 422 g/mol. The maximum Gasteiger partial charge on any atom is 0.257 e. The molecule has 1 aliphatic heterocycles. The highest BCUT2D eigenvalue weighted by molar-refractivity contribution is 9.10. The molecule has 3 rings (SSSR count). The molecule has 0 bridgehead atoms. The highest BCUT2D eigenvalue weighted by Crippen LogP contribution is 2.24. The molecule has 0 saturated carbocycles. The molecule has 5 nitrogen and oxygen atoms in total. The van der Waals surface area contributed by atoms with Crippen molar-refractivity contribution in [3.05, 3.63) is 63.1 Å². The summed E-state index contributed by atoms with van der Waals surface area (Å²) in [7, 11) is 0. The third-order valence-corrected chi connectivity index (χ3v) is 4.88. The summed E-state index contributed by atoms with van der Waals surface area (Å²) in [6.07, 6.45) is 0. The first-order valence-corrected chi connectivity index (χ1v) is 8.95. The van der Waals surface area contributed by atoms with Gasteiger partial charge in [0.2, 0.25) is 0 Å². The van der Waals surface area contributed by atoms with Crippen molar-refractivity contribution >= 4 is 39.3 Å². The van der Waals surface area contributed by atoms with Crippen LogP contribution in [0.25, 0.3) is 0 Å². The zero-order valence-corrected chi connectivity index (χ0v) is 15.6. The van der Waals surface area contributed by atoms with Crippen LogP contribution in [0, 0.1) is 0 Å². The number of rotatable bonds is 2. The van der Waals surface area contributed by atoms with Gasteiger partial charge in [0.1, 0.15) is 5.75 Å². The minimum Gasteiger partial charge on any atom is -0.507 e. The van der Waals surface area contributed by atoms with Gasteiger partial charge in [-0.3, -0.25) is 9.59 Å². The lowest BCUT2D eigenvalue weighted by molar-refractivity contribution is 0.0533.